The highest BCUT2D eigenvalue weighted by molar-refractivity contribution is 7.99. The van der Waals surface area contributed by atoms with E-state index in [2.05, 4.69) is 32.1 Å². The smallest absolute Gasteiger partial charge is 0.239 e. The number of nitrogens with zero attached hydrogens (tertiary/aromatic N) is 6. The molecule has 0 aliphatic rings. The van der Waals surface area contributed by atoms with Gasteiger partial charge in [-0.1, -0.05) is 42.0 Å². The van der Waals surface area contributed by atoms with E-state index in [1.165, 1.54) is 0 Å². The van der Waals surface area contributed by atoms with Crippen LogP contribution in [-0.2, 0) is 6.42 Å². The van der Waals surface area contributed by atoms with E-state index in [0.717, 1.165) is 40.4 Å². The molecule has 3 aromatic heterocycles. The van der Waals surface area contributed by atoms with Crippen LogP contribution in [0.15, 0.2) is 52.4 Å². The van der Waals surface area contributed by atoms with Crippen molar-refractivity contribution in [1.29, 1.82) is 0 Å². The highest BCUT2D eigenvalue weighted by Crippen LogP contribution is 2.36. The standard InChI is InChI=1S/C18H18N6OS/c1-3-7-15-22-17(25-23-15)12(2)26-18-14-10-21-24(16(14)19-11-20-18)13-8-5-4-6-9-13/h4-6,8-12H,3,7H2,1-2H3. The monoisotopic (exact) mass is 366 g/mol. The number of aromatic nitrogens is 6. The van der Waals surface area contributed by atoms with E-state index in [9.17, 15) is 0 Å². The molecule has 7 nitrogen and oxygen atoms in total. The van der Waals surface area contributed by atoms with Gasteiger partial charge in [0.15, 0.2) is 11.5 Å². The van der Waals surface area contributed by atoms with E-state index >= 15 is 0 Å². The number of benzene rings is 1. The largest absolute Gasteiger partial charge is 0.338 e. The molecule has 0 amide bonds. The number of fused-ring (bicyclic) bond motifs is 1. The second kappa shape index (κ2) is 7.25. The van der Waals surface area contributed by atoms with Crippen LogP contribution in [-0.4, -0.2) is 29.9 Å². The summed E-state index contributed by atoms with van der Waals surface area (Å²) in [6, 6.07) is 9.93. The minimum Gasteiger partial charge on any atom is -0.338 e. The lowest BCUT2D eigenvalue weighted by Gasteiger charge is -2.07. The molecular weight excluding hydrogens is 348 g/mol. The molecule has 3 heterocycles. The third-order valence-corrected chi connectivity index (χ3v) is 5.03. The summed E-state index contributed by atoms with van der Waals surface area (Å²) in [5, 5.41) is 10.3. The molecule has 4 rings (SSSR count). The molecule has 0 spiro atoms. The van der Waals surface area contributed by atoms with Crippen molar-refractivity contribution in [2.45, 2.75) is 37.0 Å². The molecule has 4 aromatic rings. The van der Waals surface area contributed by atoms with E-state index in [-0.39, 0.29) is 5.25 Å². The quantitative estimate of drug-likeness (QED) is 0.377. The summed E-state index contributed by atoms with van der Waals surface area (Å²) in [6.45, 7) is 4.12. The molecule has 0 aliphatic heterocycles. The highest BCUT2D eigenvalue weighted by atomic mass is 32.2. The summed E-state index contributed by atoms with van der Waals surface area (Å²) in [4.78, 5) is 13.3. The van der Waals surface area contributed by atoms with Crippen LogP contribution in [0.25, 0.3) is 16.7 Å². The van der Waals surface area contributed by atoms with Crippen LogP contribution >= 0.6 is 11.8 Å². The second-order valence-corrected chi connectivity index (χ2v) is 7.20. The van der Waals surface area contributed by atoms with Crippen molar-refractivity contribution in [3.8, 4) is 5.69 Å². The fraction of sp³-hybridized carbons (Fsp3) is 0.278. The zero-order valence-electron chi connectivity index (χ0n) is 14.5. The fourth-order valence-electron chi connectivity index (χ4n) is 2.65. The predicted octanol–water partition coefficient (Wildman–Crippen LogP) is 4.00. The first-order chi connectivity index (χ1) is 12.8. The lowest BCUT2D eigenvalue weighted by Crippen LogP contribution is -1.98. The van der Waals surface area contributed by atoms with Crippen molar-refractivity contribution in [2.24, 2.45) is 0 Å². The number of hydrogen-bond donors (Lipinski definition) is 0. The number of thioether (sulfide) groups is 1. The molecule has 0 saturated carbocycles. The maximum Gasteiger partial charge on any atom is 0.239 e. The number of para-hydroxylation sites is 1. The molecule has 1 unspecified atom stereocenters. The van der Waals surface area contributed by atoms with Gasteiger partial charge in [-0.15, -0.1) is 0 Å². The van der Waals surface area contributed by atoms with Gasteiger partial charge in [0, 0.05) is 6.42 Å². The average molecular weight is 366 g/mol. The minimum absolute atomic E-state index is 0.00807. The van der Waals surface area contributed by atoms with Gasteiger partial charge in [-0.3, -0.25) is 0 Å². The van der Waals surface area contributed by atoms with Crippen LogP contribution in [0.1, 0.15) is 37.2 Å². The summed E-state index contributed by atoms with van der Waals surface area (Å²) in [5.41, 5.74) is 1.74. The van der Waals surface area contributed by atoms with Crippen LogP contribution < -0.4 is 0 Å². The molecule has 0 radical (unpaired) electrons. The molecule has 0 aliphatic carbocycles. The van der Waals surface area contributed by atoms with E-state index in [0.29, 0.717) is 5.89 Å². The van der Waals surface area contributed by atoms with Gasteiger partial charge in [0.25, 0.3) is 0 Å². The Kier molecular flexibility index (Phi) is 4.66. The summed E-state index contributed by atoms with van der Waals surface area (Å²) in [5.74, 6) is 1.36. The van der Waals surface area contributed by atoms with Crippen molar-refractivity contribution >= 4 is 22.8 Å². The first kappa shape index (κ1) is 16.7. The van der Waals surface area contributed by atoms with Crippen molar-refractivity contribution < 1.29 is 4.52 Å². The maximum atomic E-state index is 5.39. The number of hydrogen-bond acceptors (Lipinski definition) is 7. The Bertz CT molecular complexity index is 1010. The predicted molar refractivity (Wildman–Crippen MR) is 99.2 cm³/mol. The molecule has 0 saturated heterocycles. The van der Waals surface area contributed by atoms with Gasteiger partial charge >= 0.3 is 0 Å². The van der Waals surface area contributed by atoms with Crippen LogP contribution in [0.2, 0.25) is 0 Å². The van der Waals surface area contributed by atoms with Gasteiger partial charge in [0.05, 0.1) is 22.5 Å². The summed E-state index contributed by atoms with van der Waals surface area (Å²) in [7, 11) is 0. The van der Waals surface area contributed by atoms with Gasteiger partial charge in [-0.05, 0) is 25.5 Å². The van der Waals surface area contributed by atoms with Crippen molar-refractivity contribution in [3.63, 3.8) is 0 Å². The van der Waals surface area contributed by atoms with Gasteiger partial charge in [0.2, 0.25) is 5.89 Å². The molecule has 1 aromatic carbocycles. The molecule has 0 bridgehead atoms. The van der Waals surface area contributed by atoms with Crippen molar-refractivity contribution in [2.75, 3.05) is 0 Å². The summed E-state index contributed by atoms with van der Waals surface area (Å²) >= 11 is 1.57. The SMILES string of the molecule is CCCc1noc(C(C)Sc2ncnc3c2cnn3-c2ccccc2)n1. The zero-order chi connectivity index (χ0) is 17.9. The molecule has 1 atom stereocenters. The number of rotatable bonds is 6. The Morgan fingerprint density at radius 1 is 1.19 bits per heavy atom. The second-order valence-electron chi connectivity index (χ2n) is 5.87. The van der Waals surface area contributed by atoms with Crippen molar-refractivity contribution in [3.05, 3.63) is 54.6 Å². The van der Waals surface area contributed by atoms with Crippen LogP contribution in [0.4, 0.5) is 0 Å². The van der Waals surface area contributed by atoms with E-state index in [1.54, 1.807) is 24.3 Å². The molecular formula is C18H18N6OS. The van der Waals surface area contributed by atoms with E-state index in [1.807, 2.05) is 41.9 Å². The average Bonchev–Trinajstić information content (AvgIpc) is 3.30. The number of aryl methyl sites for hydroxylation is 1. The first-order valence-electron chi connectivity index (χ1n) is 8.49. The van der Waals surface area contributed by atoms with E-state index < -0.39 is 0 Å². The van der Waals surface area contributed by atoms with Crippen molar-refractivity contribution in [1.82, 2.24) is 29.9 Å². The van der Waals surface area contributed by atoms with Gasteiger partial charge in [-0.25, -0.2) is 14.6 Å². The summed E-state index contributed by atoms with van der Waals surface area (Å²) in [6.07, 6.45) is 5.18. The maximum absolute atomic E-state index is 5.39. The highest BCUT2D eigenvalue weighted by Gasteiger charge is 2.19. The topological polar surface area (TPSA) is 82.5 Å². The first-order valence-corrected chi connectivity index (χ1v) is 9.37. The third kappa shape index (κ3) is 3.20. The molecule has 8 heteroatoms. The Labute approximate surface area is 154 Å². The normalized spacial score (nSPS) is 12.5. The fourth-order valence-corrected chi connectivity index (χ4v) is 3.56. The Balaban J connectivity index is 1.63. The molecule has 0 N–H and O–H groups in total. The van der Waals surface area contributed by atoms with Crippen LogP contribution in [0.3, 0.4) is 0 Å². The summed E-state index contributed by atoms with van der Waals surface area (Å²) < 4.78 is 7.21. The third-order valence-electron chi connectivity index (χ3n) is 3.92. The molecule has 26 heavy (non-hydrogen) atoms. The molecule has 0 fully saturated rings. The minimum atomic E-state index is -0.00807. The lowest BCUT2D eigenvalue weighted by molar-refractivity contribution is 0.374. The van der Waals surface area contributed by atoms with E-state index in [4.69, 9.17) is 4.52 Å². The Morgan fingerprint density at radius 3 is 2.85 bits per heavy atom. The zero-order valence-corrected chi connectivity index (χ0v) is 15.3. The van der Waals surface area contributed by atoms with Crippen LogP contribution in [0.5, 0.6) is 0 Å². The Morgan fingerprint density at radius 2 is 2.04 bits per heavy atom. The lowest BCUT2D eigenvalue weighted by atomic mass is 10.3. The van der Waals surface area contributed by atoms with Gasteiger partial charge in [0.1, 0.15) is 11.4 Å². The Hall–Kier alpha value is -2.74. The molecule has 132 valence electrons. The van der Waals surface area contributed by atoms with Gasteiger partial charge in [-0.2, -0.15) is 10.1 Å². The van der Waals surface area contributed by atoms with Crippen LogP contribution in [0, 0.1) is 0 Å². The van der Waals surface area contributed by atoms with Gasteiger partial charge < -0.3 is 4.52 Å².